The molecule has 0 aliphatic heterocycles. The van der Waals surface area contributed by atoms with Crippen LogP contribution in [-0.2, 0) is 0 Å². The summed E-state index contributed by atoms with van der Waals surface area (Å²) in [5.74, 6) is 0.215. The van der Waals surface area contributed by atoms with E-state index in [4.69, 9.17) is 5.73 Å². The van der Waals surface area contributed by atoms with Gasteiger partial charge in [0.05, 0.1) is 0 Å². The Kier molecular flexibility index (Phi) is 2.32. The predicted molar refractivity (Wildman–Crippen MR) is 51.0 cm³/mol. The first kappa shape index (κ1) is 8.70. The Morgan fingerprint density at radius 2 is 2.15 bits per heavy atom. The molecule has 2 heteroatoms. The smallest absolute Gasteiger partial charge is 0.123 e. The largest absolute Gasteiger partial charge is 0.327 e. The van der Waals surface area contributed by atoms with Crippen molar-refractivity contribution >= 4 is 0 Å². The molecule has 2 rings (SSSR count). The molecule has 1 aliphatic rings. The molecule has 1 aliphatic carbocycles. The van der Waals surface area contributed by atoms with Gasteiger partial charge in [-0.3, -0.25) is 0 Å². The summed E-state index contributed by atoms with van der Waals surface area (Å²) in [5.41, 5.74) is 7.00. The van der Waals surface area contributed by atoms with Gasteiger partial charge in [0.25, 0.3) is 0 Å². The molecule has 0 aromatic heterocycles. The van der Waals surface area contributed by atoms with Gasteiger partial charge in [0.2, 0.25) is 0 Å². The lowest BCUT2D eigenvalue weighted by atomic mass is 9.95. The molecule has 0 saturated heterocycles. The molecule has 0 spiro atoms. The second kappa shape index (κ2) is 3.46. The zero-order valence-electron chi connectivity index (χ0n) is 7.54. The number of nitrogens with two attached hydrogens (primary N) is 1. The first-order valence-corrected chi connectivity index (χ1v) is 4.78. The third kappa shape index (κ3) is 1.73. The summed E-state index contributed by atoms with van der Waals surface area (Å²) in [6.07, 6.45) is 3.34. The van der Waals surface area contributed by atoms with Gasteiger partial charge in [-0.15, -0.1) is 0 Å². The third-order valence-corrected chi connectivity index (χ3v) is 2.85. The van der Waals surface area contributed by atoms with Crippen LogP contribution in [0.5, 0.6) is 0 Å². The van der Waals surface area contributed by atoms with Crippen LogP contribution >= 0.6 is 0 Å². The molecule has 0 radical (unpaired) electrons. The quantitative estimate of drug-likeness (QED) is 0.704. The average molecular weight is 179 g/mol. The minimum atomic E-state index is -0.156. The molecule has 2 atom stereocenters. The molecule has 0 bridgehead atoms. The van der Waals surface area contributed by atoms with Crippen molar-refractivity contribution < 1.29 is 4.39 Å². The highest BCUT2D eigenvalue weighted by atomic mass is 19.1. The van der Waals surface area contributed by atoms with Gasteiger partial charge in [0, 0.05) is 6.04 Å². The van der Waals surface area contributed by atoms with Crippen LogP contribution in [0.1, 0.15) is 30.7 Å². The summed E-state index contributed by atoms with van der Waals surface area (Å²) in [5, 5.41) is 0. The fourth-order valence-corrected chi connectivity index (χ4v) is 2.14. The van der Waals surface area contributed by atoms with Crippen molar-refractivity contribution in [2.45, 2.75) is 31.2 Å². The molecule has 1 saturated carbocycles. The van der Waals surface area contributed by atoms with Gasteiger partial charge in [-0.1, -0.05) is 18.6 Å². The number of rotatable bonds is 1. The molecule has 0 heterocycles. The first-order chi connectivity index (χ1) is 6.27. The van der Waals surface area contributed by atoms with Crippen molar-refractivity contribution in [1.82, 2.24) is 0 Å². The van der Waals surface area contributed by atoms with Crippen LogP contribution in [0.4, 0.5) is 4.39 Å². The Morgan fingerprint density at radius 1 is 1.31 bits per heavy atom. The van der Waals surface area contributed by atoms with Gasteiger partial charge in [-0.25, -0.2) is 4.39 Å². The second-order valence-electron chi connectivity index (χ2n) is 3.76. The SMILES string of the molecule is N[C@@H]1CCC[C@H]1c1cccc(F)c1. The number of halogens is 1. The zero-order valence-corrected chi connectivity index (χ0v) is 7.54. The summed E-state index contributed by atoms with van der Waals surface area (Å²) in [6.45, 7) is 0. The van der Waals surface area contributed by atoms with Gasteiger partial charge < -0.3 is 5.73 Å². The number of hydrogen-bond acceptors (Lipinski definition) is 1. The molecule has 1 aromatic carbocycles. The molecule has 1 nitrogen and oxygen atoms in total. The van der Waals surface area contributed by atoms with E-state index < -0.39 is 0 Å². The monoisotopic (exact) mass is 179 g/mol. The Morgan fingerprint density at radius 3 is 2.77 bits per heavy atom. The summed E-state index contributed by atoms with van der Waals surface area (Å²) in [7, 11) is 0. The minimum absolute atomic E-state index is 0.156. The molecule has 13 heavy (non-hydrogen) atoms. The summed E-state index contributed by atoms with van der Waals surface area (Å²) >= 11 is 0. The van der Waals surface area contributed by atoms with Crippen molar-refractivity contribution in [3.8, 4) is 0 Å². The summed E-state index contributed by atoms with van der Waals surface area (Å²) < 4.78 is 12.9. The Hall–Kier alpha value is -0.890. The minimum Gasteiger partial charge on any atom is -0.327 e. The Bertz CT molecular complexity index is 298. The van der Waals surface area contributed by atoms with E-state index in [2.05, 4.69) is 0 Å². The molecule has 70 valence electrons. The van der Waals surface area contributed by atoms with E-state index >= 15 is 0 Å². The van der Waals surface area contributed by atoms with E-state index in [0.717, 1.165) is 18.4 Å². The summed E-state index contributed by atoms with van der Waals surface area (Å²) in [4.78, 5) is 0. The van der Waals surface area contributed by atoms with E-state index in [9.17, 15) is 4.39 Å². The van der Waals surface area contributed by atoms with Gasteiger partial charge in [0.15, 0.2) is 0 Å². The first-order valence-electron chi connectivity index (χ1n) is 4.78. The van der Waals surface area contributed by atoms with E-state index in [-0.39, 0.29) is 11.9 Å². The van der Waals surface area contributed by atoms with Gasteiger partial charge in [0.1, 0.15) is 5.82 Å². The Balaban J connectivity index is 2.24. The molecule has 1 aromatic rings. The maximum absolute atomic E-state index is 12.9. The fourth-order valence-electron chi connectivity index (χ4n) is 2.14. The van der Waals surface area contributed by atoms with Crippen LogP contribution in [0.25, 0.3) is 0 Å². The number of benzene rings is 1. The van der Waals surface area contributed by atoms with Crippen molar-refractivity contribution in [2.75, 3.05) is 0 Å². The van der Waals surface area contributed by atoms with Gasteiger partial charge >= 0.3 is 0 Å². The van der Waals surface area contributed by atoms with E-state index in [1.165, 1.54) is 12.5 Å². The highest BCUT2D eigenvalue weighted by Crippen LogP contribution is 2.33. The lowest BCUT2D eigenvalue weighted by Gasteiger charge is -2.15. The standard InChI is InChI=1S/C11H14FN/c12-9-4-1-3-8(7-9)10-5-2-6-11(10)13/h1,3-4,7,10-11H,2,5-6,13H2/t10-,11+/m0/s1. The maximum Gasteiger partial charge on any atom is 0.123 e. The molecular formula is C11H14FN. The van der Waals surface area contributed by atoms with Crippen LogP contribution in [0.15, 0.2) is 24.3 Å². The maximum atomic E-state index is 12.9. The highest BCUT2D eigenvalue weighted by Gasteiger charge is 2.25. The average Bonchev–Trinajstić information content (AvgIpc) is 2.51. The Labute approximate surface area is 77.8 Å². The normalized spacial score (nSPS) is 27.8. The van der Waals surface area contributed by atoms with Gasteiger partial charge in [-0.05, 0) is 36.5 Å². The zero-order chi connectivity index (χ0) is 9.26. The highest BCUT2D eigenvalue weighted by molar-refractivity contribution is 5.23. The van der Waals surface area contributed by atoms with Crippen molar-refractivity contribution in [3.63, 3.8) is 0 Å². The fraction of sp³-hybridized carbons (Fsp3) is 0.455. The lowest BCUT2D eigenvalue weighted by Crippen LogP contribution is -2.22. The van der Waals surface area contributed by atoms with Crippen LogP contribution < -0.4 is 5.73 Å². The van der Waals surface area contributed by atoms with Crippen molar-refractivity contribution in [3.05, 3.63) is 35.6 Å². The van der Waals surface area contributed by atoms with E-state index in [1.54, 1.807) is 12.1 Å². The predicted octanol–water partition coefficient (Wildman–Crippen LogP) is 2.42. The molecule has 0 amide bonds. The van der Waals surface area contributed by atoms with Crippen LogP contribution in [0, 0.1) is 5.82 Å². The van der Waals surface area contributed by atoms with Crippen LogP contribution in [0.3, 0.4) is 0 Å². The van der Waals surface area contributed by atoms with E-state index in [1.807, 2.05) is 6.07 Å². The van der Waals surface area contributed by atoms with E-state index in [0.29, 0.717) is 5.92 Å². The molecule has 0 unspecified atom stereocenters. The molecule has 1 fully saturated rings. The number of hydrogen-bond donors (Lipinski definition) is 1. The molecular weight excluding hydrogens is 165 g/mol. The second-order valence-corrected chi connectivity index (χ2v) is 3.76. The summed E-state index contributed by atoms with van der Waals surface area (Å²) in [6, 6.07) is 7.04. The van der Waals surface area contributed by atoms with Crippen LogP contribution in [0.2, 0.25) is 0 Å². The molecule has 2 N–H and O–H groups in total. The van der Waals surface area contributed by atoms with Crippen molar-refractivity contribution in [1.29, 1.82) is 0 Å². The van der Waals surface area contributed by atoms with Gasteiger partial charge in [-0.2, -0.15) is 0 Å². The topological polar surface area (TPSA) is 26.0 Å². The third-order valence-electron chi connectivity index (χ3n) is 2.85. The van der Waals surface area contributed by atoms with Crippen LogP contribution in [-0.4, -0.2) is 6.04 Å². The lowest BCUT2D eigenvalue weighted by molar-refractivity contribution is 0.594. The van der Waals surface area contributed by atoms with Crippen molar-refractivity contribution in [2.24, 2.45) is 5.73 Å².